The molecule has 1 saturated heterocycles. The first kappa shape index (κ1) is 16.7. The Balaban J connectivity index is 1.75. The third-order valence-electron chi connectivity index (χ3n) is 3.86. The predicted octanol–water partition coefficient (Wildman–Crippen LogP) is 1.72. The third kappa shape index (κ3) is 3.65. The summed E-state index contributed by atoms with van der Waals surface area (Å²) in [7, 11) is -2.07. The van der Waals surface area contributed by atoms with Crippen molar-refractivity contribution in [3.63, 3.8) is 0 Å². The highest BCUT2D eigenvalue weighted by molar-refractivity contribution is 7.89. The Hall–Kier alpha value is -2.19. The highest BCUT2D eigenvalue weighted by atomic mass is 32.2. The van der Waals surface area contributed by atoms with Gasteiger partial charge in [0.1, 0.15) is 11.9 Å². The van der Waals surface area contributed by atoms with Crippen molar-refractivity contribution in [2.75, 3.05) is 20.2 Å². The maximum Gasteiger partial charge on any atom is 0.243 e. The van der Waals surface area contributed by atoms with Crippen LogP contribution in [0.4, 0.5) is 0 Å². The van der Waals surface area contributed by atoms with Gasteiger partial charge in [0, 0.05) is 24.9 Å². The average molecular weight is 349 g/mol. The van der Waals surface area contributed by atoms with Crippen molar-refractivity contribution in [2.24, 2.45) is 0 Å². The molecule has 1 aromatic carbocycles. The SMILES string of the molecule is COc1cccc(S(=O)(=O)N2CCCC(Oc3cccnn3)C2)c1. The molecular weight excluding hydrogens is 330 g/mol. The van der Waals surface area contributed by atoms with E-state index in [4.69, 9.17) is 9.47 Å². The predicted molar refractivity (Wildman–Crippen MR) is 87.4 cm³/mol. The molecule has 128 valence electrons. The Labute approximate surface area is 141 Å². The van der Waals surface area contributed by atoms with E-state index in [9.17, 15) is 8.42 Å². The molecule has 1 aromatic heterocycles. The lowest BCUT2D eigenvalue weighted by Crippen LogP contribution is -2.44. The van der Waals surface area contributed by atoms with Crippen LogP contribution in [0.1, 0.15) is 12.8 Å². The zero-order valence-electron chi connectivity index (χ0n) is 13.3. The summed E-state index contributed by atoms with van der Waals surface area (Å²) in [6.07, 6.45) is 2.83. The molecule has 0 N–H and O–H groups in total. The van der Waals surface area contributed by atoms with Crippen molar-refractivity contribution < 1.29 is 17.9 Å². The molecule has 1 aliphatic rings. The number of ether oxygens (including phenoxy) is 2. The Morgan fingerprint density at radius 3 is 2.88 bits per heavy atom. The van der Waals surface area contributed by atoms with Crippen LogP contribution in [-0.4, -0.2) is 49.2 Å². The summed E-state index contributed by atoms with van der Waals surface area (Å²) in [5, 5.41) is 7.65. The lowest BCUT2D eigenvalue weighted by molar-refractivity contribution is 0.123. The van der Waals surface area contributed by atoms with Gasteiger partial charge in [-0.1, -0.05) is 6.07 Å². The van der Waals surface area contributed by atoms with E-state index in [1.54, 1.807) is 36.5 Å². The van der Waals surface area contributed by atoms with Crippen LogP contribution >= 0.6 is 0 Å². The Morgan fingerprint density at radius 2 is 2.12 bits per heavy atom. The van der Waals surface area contributed by atoms with Crippen molar-refractivity contribution in [2.45, 2.75) is 23.8 Å². The maximum atomic E-state index is 12.8. The second-order valence-corrected chi connectivity index (χ2v) is 7.42. The summed E-state index contributed by atoms with van der Waals surface area (Å²) in [6, 6.07) is 9.93. The molecule has 0 amide bonds. The van der Waals surface area contributed by atoms with Gasteiger partial charge in [-0.3, -0.25) is 0 Å². The number of hydrogen-bond acceptors (Lipinski definition) is 6. The Bertz CT molecular complexity index is 783. The summed E-state index contributed by atoms with van der Waals surface area (Å²) >= 11 is 0. The van der Waals surface area contributed by atoms with E-state index < -0.39 is 10.0 Å². The monoisotopic (exact) mass is 349 g/mol. The molecule has 1 atom stereocenters. The molecule has 24 heavy (non-hydrogen) atoms. The normalized spacial score (nSPS) is 19.0. The van der Waals surface area contributed by atoms with E-state index in [0.717, 1.165) is 12.8 Å². The van der Waals surface area contributed by atoms with Gasteiger partial charge in [-0.05, 0) is 31.0 Å². The maximum absolute atomic E-state index is 12.8. The lowest BCUT2D eigenvalue weighted by Gasteiger charge is -2.31. The summed E-state index contributed by atoms with van der Waals surface area (Å²) < 4.78 is 38.0. The molecule has 0 bridgehead atoms. The second-order valence-electron chi connectivity index (χ2n) is 5.49. The van der Waals surface area contributed by atoms with Gasteiger partial charge >= 0.3 is 0 Å². The smallest absolute Gasteiger partial charge is 0.243 e. The standard InChI is InChI=1S/C16H19N3O4S/c1-22-13-5-2-7-15(11-13)24(20,21)19-10-4-6-14(12-19)23-16-8-3-9-17-18-16/h2-3,5,7-9,11,14H,4,6,10,12H2,1H3. The Kier molecular flexibility index (Phi) is 4.96. The molecule has 7 nitrogen and oxygen atoms in total. The van der Waals surface area contributed by atoms with Gasteiger partial charge in [0.15, 0.2) is 0 Å². The van der Waals surface area contributed by atoms with Crippen LogP contribution < -0.4 is 9.47 Å². The molecular formula is C16H19N3O4S. The van der Waals surface area contributed by atoms with Crippen molar-refractivity contribution in [1.82, 2.24) is 14.5 Å². The minimum Gasteiger partial charge on any atom is -0.497 e. The largest absolute Gasteiger partial charge is 0.497 e. The van der Waals surface area contributed by atoms with Crippen LogP contribution in [0.15, 0.2) is 47.5 Å². The summed E-state index contributed by atoms with van der Waals surface area (Å²) in [4.78, 5) is 0.224. The molecule has 0 radical (unpaired) electrons. The van der Waals surface area contributed by atoms with E-state index in [2.05, 4.69) is 10.2 Å². The van der Waals surface area contributed by atoms with Gasteiger partial charge in [0.25, 0.3) is 0 Å². The van der Waals surface area contributed by atoms with Gasteiger partial charge in [-0.2, -0.15) is 9.40 Å². The molecule has 0 saturated carbocycles. The summed E-state index contributed by atoms with van der Waals surface area (Å²) in [5.41, 5.74) is 0. The van der Waals surface area contributed by atoms with Crippen LogP contribution in [0, 0.1) is 0 Å². The van der Waals surface area contributed by atoms with Crippen LogP contribution in [0.5, 0.6) is 11.6 Å². The van der Waals surface area contributed by atoms with Crippen molar-refractivity contribution in [3.05, 3.63) is 42.6 Å². The van der Waals surface area contributed by atoms with Crippen molar-refractivity contribution in [1.29, 1.82) is 0 Å². The van der Waals surface area contributed by atoms with E-state index >= 15 is 0 Å². The molecule has 2 heterocycles. The number of hydrogen-bond donors (Lipinski definition) is 0. The van der Waals surface area contributed by atoms with Gasteiger partial charge in [-0.15, -0.1) is 5.10 Å². The number of piperidine rings is 1. The molecule has 1 fully saturated rings. The number of sulfonamides is 1. The van der Waals surface area contributed by atoms with Crippen LogP contribution in [0.3, 0.4) is 0 Å². The van der Waals surface area contributed by atoms with Gasteiger partial charge < -0.3 is 9.47 Å². The first-order valence-corrected chi connectivity index (χ1v) is 9.12. The average Bonchev–Trinajstić information content (AvgIpc) is 2.63. The van der Waals surface area contributed by atoms with E-state index in [1.165, 1.54) is 17.5 Å². The molecule has 3 rings (SSSR count). The van der Waals surface area contributed by atoms with Crippen LogP contribution in [-0.2, 0) is 10.0 Å². The van der Waals surface area contributed by atoms with Crippen LogP contribution in [0.2, 0.25) is 0 Å². The number of rotatable bonds is 5. The molecule has 0 aliphatic carbocycles. The lowest BCUT2D eigenvalue weighted by atomic mass is 10.1. The third-order valence-corrected chi connectivity index (χ3v) is 5.72. The van der Waals surface area contributed by atoms with E-state index in [-0.39, 0.29) is 17.5 Å². The van der Waals surface area contributed by atoms with Gasteiger partial charge in [0.05, 0.1) is 18.6 Å². The van der Waals surface area contributed by atoms with Gasteiger partial charge in [0.2, 0.25) is 15.9 Å². The van der Waals surface area contributed by atoms with Crippen molar-refractivity contribution >= 4 is 10.0 Å². The minimum absolute atomic E-state index is 0.224. The van der Waals surface area contributed by atoms with Gasteiger partial charge in [-0.25, -0.2) is 8.42 Å². The molecule has 1 aliphatic heterocycles. The van der Waals surface area contributed by atoms with Crippen molar-refractivity contribution in [3.8, 4) is 11.6 Å². The number of methoxy groups -OCH3 is 1. The fraction of sp³-hybridized carbons (Fsp3) is 0.375. The van der Waals surface area contributed by atoms with Crippen LogP contribution in [0.25, 0.3) is 0 Å². The topological polar surface area (TPSA) is 81.6 Å². The number of benzene rings is 1. The fourth-order valence-corrected chi connectivity index (χ4v) is 4.20. The van der Waals surface area contributed by atoms with E-state index in [1.807, 2.05) is 0 Å². The highest BCUT2D eigenvalue weighted by Gasteiger charge is 2.31. The molecule has 2 aromatic rings. The van der Waals surface area contributed by atoms with E-state index in [0.29, 0.717) is 18.2 Å². The number of nitrogens with zero attached hydrogens (tertiary/aromatic N) is 3. The first-order valence-electron chi connectivity index (χ1n) is 7.68. The summed E-state index contributed by atoms with van der Waals surface area (Å²) in [5.74, 6) is 0.920. The Morgan fingerprint density at radius 1 is 1.25 bits per heavy atom. The zero-order valence-corrected chi connectivity index (χ0v) is 14.1. The second kappa shape index (κ2) is 7.14. The minimum atomic E-state index is -3.58. The highest BCUT2D eigenvalue weighted by Crippen LogP contribution is 2.25. The molecule has 1 unspecified atom stereocenters. The quantitative estimate of drug-likeness (QED) is 0.817. The zero-order chi connectivity index (χ0) is 17.0. The first-order chi connectivity index (χ1) is 11.6. The number of aromatic nitrogens is 2. The fourth-order valence-electron chi connectivity index (χ4n) is 2.65. The molecule has 8 heteroatoms. The summed E-state index contributed by atoms with van der Waals surface area (Å²) in [6.45, 7) is 0.760. The molecule has 0 spiro atoms.